The second-order valence-corrected chi connectivity index (χ2v) is 4.74. The number of benzene rings is 1. The molecule has 0 bridgehead atoms. The van der Waals surface area contributed by atoms with Crippen LogP contribution in [0.5, 0.6) is 0 Å². The van der Waals surface area contributed by atoms with E-state index in [0.29, 0.717) is 10.7 Å². The van der Waals surface area contributed by atoms with Crippen molar-refractivity contribution in [2.75, 3.05) is 5.32 Å². The van der Waals surface area contributed by atoms with Crippen molar-refractivity contribution in [1.82, 2.24) is 5.32 Å². The molecule has 1 aromatic rings. The highest BCUT2D eigenvalue weighted by atomic mass is 35.5. The zero-order chi connectivity index (χ0) is 16.0. The van der Waals surface area contributed by atoms with Crippen LogP contribution < -0.4 is 10.6 Å². The van der Waals surface area contributed by atoms with Gasteiger partial charge in [0.05, 0.1) is 0 Å². The first-order valence-corrected chi connectivity index (χ1v) is 6.39. The molecular weight excluding hydrogens is 294 g/mol. The fourth-order valence-electron chi connectivity index (χ4n) is 1.42. The molecule has 0 aliphatic rings. The van der Waals surface area contributed by atoms with Crippen LogP contribution in [0.1, 0.15) is 12.5 Å². The summed E-state index contributed by atoms with van der Waals surface area (Å²) in [6.07, 6.45) is 1.22. The van der Waals surface area contributed by atoms with Crippen LogP contribution in [0.15, 0.2) is 30.0 Å². The Bertz CT molecular complexity index is 635. The smallest absolute Gasteiger partial charge is 0.325 e. The molecule has 1 amide bonds. The number of anilines is 1. The van der Waals surface area contributed by atoms with Crippen LogP contribution in [0.3, 0.4) is 0 Å². The number of nitriles is 1. The van der Waals surface area contributed by atoms with Gasteiger partial charge >= 0.3 is 5.97 Å². The Hall–Kier alpha value is -2.52. The van der Waals surface area contributed by atoms with E-state index in [1.165, 1.54) is 13.1 Å². The molecule has 0 aliphatic heterocycles. The van der Waals surface area contributed by atoms with E-state index in [2.05, 4.69) is 10.6 Å². The highest BCUT2D eigenvalue weighted by Gasteiger charge is 2.16. The summed E-state index contributed by atoms with van der Waals surface area (Å²) in [5.74, 6) is -1.94. The van der Waals surface area contributed by atoms with Crippen LogP contribution in [-0.4, -0.2) is 23.0 Å². The van der Waals surface area contributed by atoms with Crippen molar-refractivity contribution in [3.8, 4) is 6.07 Å². The minimum Gasteiger partial charge on any atom is -0.480 e. The summed E-state index contributed by atoms with van der Waals surface area (Å²) < 4.78 is 0. The number of hydrogen-bond acceptors (Lipinski definition) is 4. The summed E-state index contributed by atoms with van der Waals surface area (Å²) >= 11 is 5.83. The molecule has 1 aromatic carbocycles. The SMILES string of the molecule is Cc1cc(Cl)ccc1N/C=C(/C#N)C(=O)NC(C)C(=O)O. The van der Waals surface area contributed by atoms with Crippen LogP contribution in [0.4, 0.5) is 5.69 Å². The number of aryl methyl sites for hydroxylation is 1. The lowest BCUT2D eigenvalue weighted by Gasteiger charge is -2.09. The van der Waals surface area contributed by atoms with Crippen LogP contribution >= 0.6 is 11.6 Å². The highest BCUT2D eigenvalue weighted by molar-refractivity contribution is 6.30. The van der Waals surface area contributed by atoms with Gasteiger partial charge in [0.25, 0.3) is 5.91 Å². The Morgan fingerprint density at radius 1 is 1.48 bits per heavy atom. The standard InChI is InChI=1S/C14H14ClN3O3/c1-8-5-11(15)3-4-12(8)17-7-10(6-16)13(19)18-9(2)14(20)21/h3-5,7,9,17H,1-2H3,(H,18,19)(H,20,21)/b10-7-. The van der Waals surface area contributed by atoms with E-state index >= 15 is 0 Å². The molecule has 0 saturated heterocycles. The van der Waals surface area contributed by atoms with Crippen LogP contribution in [0.25, 0.3) is 0 Å². The van der Waals surface area contributed by atoms with E-state index in [0.717, 1.165) is 5.56 Å². The molecule has 3 N–H and O–H groups in total. The Labute approximate surface area is 127 Å². The summed E-state index contributed by atoms with van der Waals surface area (Å²) in [6.45, 7) is 3.13. The summed E-state index contributed by atoms with van der Waals surface area (Å²) in [5.41, 5.74) is 1.30. The largest absolute Gasteiger partial charge is 0.480 e. The number of carbonyl (C=O) groups excluding carboxylic acids is 1. The van der Waals surface area contributed by atoms with Crippen LogP contribution in [0.2, 0.25) is 5.02 Å². The van der Waals surface area contributed by atoms with Crippen molar-refractivity contribution in [3.63, 3.8) is 0 Å². The molecular formula is C14H14ClN3O3. The number of rotatable bonds is 5. The zero-order valence-electron chi connectivity index (χ0n) is 11.5. The third kappa shape index (κ3) is 4.82. The summed E-state index contributed by atoms with van der Waals surface area (Å²) in [6, 6.07) is 5.75. The Balaban J connectivity index is 2.83. The third-order valence-electron chi connectivity index (χ3n) is 2.64. The van der Waals surface area contributed by atoms with Gasteiger partial charge in [-0.25, -0.2) is 0 Å². The minimum absolute atomic E-state index is 0.225. The fourth-order valence-corrected chi connectivity index (χ4v) is 1.65. The molecule has 6 nitrogen and oxygen atoms in total. The van der Waals surface area contributed by atoms with Gasteiger partial charge in [0, 0.05) is 16.9 Å². The molecule has 1 unspecified atom stereocenters. The molecule has 21 heavy (non-hydrogen) atoms. The van der Waals surface area contributed by atoms with Crippen molar-refractivity contribution >= 4 is 29.2 Å². The molecule has 0 saturated carbocycles. The maximum atomic E-state index is 11.7. The molecule has 0 heterocycles. The van der Waals surface area contributed by atoms with Crippen molar-refractivity contribution in [1.29, 1.82) is 5.26 Å². The number of nitrogens with one attached hydrogen (secondary N) is 2. The molecule has 0 radical (unpaired) electrons. The topological polar surface area (TPSA) is 102 Å². The van der Waals surface area contributed by atoms with E-state index < -0.39 is 17.9 Å². The number of carbonyl (C=O) groups is 2. The fraction of sp³-hybridized carbons (Fsp3) is 0.214. The monoisotopic (exact) mass is 307 g/mol. The molecule has 7 heteroatoms. The average Bonchev–Trinajstić information content (AvgIpc) is 2.41. The lowest BCUT2D eigenvalue weighted by atomic mass is 10.2. The first kappa shape index (κ1) is 16.5. The predicted molar refractivity (Wildman–Crippen MR) is 78.7 cm³/mol. The van der Waals surface area contributed by atoms with Gasteiger partial charge in [0.2, 0.25) is 0 Å². The summed E-state index contributed by atoms with van der Waals surface area (Å²) in [7, 11) is 0. The number of carboxylic acid groups (broad SMARTS) is 1. The Kier molecular flexibility index (Phi) is 5.76. The summed E-state index contributed by atoms with van der Waals surface area (Å²) in [4.78, 5) is 22.4. The van der Waals surface area contributed by atoms with Gasteiger partial charge < -0.3 is 15.7 Å². The lowest BCUT2D eigenvalue weighted by Crippen LogP contribution is -2.39. The normalized spacial score (nSPS) is 12.2. The van der Waals surface area contributed by atoms with Gasteiger partial charge in [-0.05, 0) is 37.6 Å². The van der Waals surface area contributed by atoms with E-state index in [1.807, 2.05) is 6.92 Å². The predicted octanol–water partition coefficient (Wildman–Crippen LogP) is 2.06. The van der Waals surface area contributed by atoms with Crippen molar-refractivity contribution in [3.05, 3.63) is 40.6 Å². The number of aliphatic carboxylic acids is 1. The molecule has 110 valence electrons. The summed E-state index contributed by atoms with van der Waals surface area (Å²) in [5, 5.41) is 23.3. The first-order valence-electron chi connectivity index (χ1n) is 6.01. The van der Waals surface area contributed by atoms with E-state index in [-0.39, 0.29) is 5.57 Å². The maximum Gasteiger partial charge on any atom is 0.325 e. The number of amides is 1. The maximum absolute atomic E-state index is 11.7. The average molecular weight is 308 g/mol. The number of nitrogens with zero attached hydrogens (tertiary/aromatic N) is 1. The quantitative estimate of drug-likeness (QED) is 0.571. The van der Waals surface area contributed by atoms with Crippen molar-refractivity contribution in [2.45, 2.75) is 19.9 Å². The van der Waals surface area contributed by atoms with E-state index in [9.17, 15) is 9.59 Å². The van der Waals surface area contributed by atoms with E-state index in [1.54, 1.807) is 24.3 Å². The van der Waals surface area contributed by atoms with Gasteiger partial charge in [-0.2, -0.15) is 5.26 Å². The number of halogens is 1. The Morgan fingerprint density at radius 3 is 2.67 bits per heavy atom. The first-order chi connectivity index (χ1) is 9.85. The molecule has 0 aliphatic carbocycles. The second kappa shape index (κ2) is 7.31. The third-order valence-corrected chi connectivity index (χ3v) is 2.88. The van der Waals surface area contributed by atoms with Gasteiger partial charge in [0.15, 0.2) is 0 Å². The zero-order valence-corrected chi connectivity index (χ0v) is 12.2. The molecule has 0 spiro atoms. The molecule has 0 aromatic heterocycles. The number of carboxylic acids is 1. The number of hydrogen-bond donors (Lipinski definition) is 3. The lowest BCUT2D eigenvalue weighted by molar-refractivity contribution is -0.140. The highest BCUT2D eigenvalue weighted by Crippen LogP contribution is 2.19. The molecule has 1 atom stereocenters. The van der Waals surface area contributed by atoms with Crippen LogP contribution in [-0.2, 0) is 9.59 Å². The molecule has 0 fully saturated rings. The van der Waals surface area contributed by atoms with Crippen molar-refractivity contribution < 1.29 is 14.7 Å². The van der Waals surface area contributed by atoms with Gasteiger partial charge in [-0.15, -0.1) is 0 Å². The van der Waals surface area contributed by atoms with Crippen LogP contribution in [0, 0.1) is 18.3 Å². The van der Waals surface area contributed by atoms with Gasteiger partial charge in [0.1, 0.15) is 17.7 Å². The van der Waals surface area contributed by atoms with E-state index in [4.69, 9.17) is 22.0 Å². The minimum atomic E-state index is -1.18. The van der Waals surface area contributed by atoms with Gasteiger partial charge in [-0.3, -0.25) is 9.59 Å². The molecule has 1 rings (SSSR count). The second-order valence-electron chi connectivity index (χ2n) is 4.31. The Morgan fingerprint density at radius 2 is 2.14 bits per heavy atom. The van der Waals surface area contributed by atoms with Crippen molar-refractivity contribution in [2.24, 2.45) is 0 Å². The van der Waals surface area contributed by atoms with Gasteiger partial charge in [-0.1, -0.05) is 11.6 Å².